The molecule has 1 aliphatic carbocycles. The Balaban J connectivity index is 1.74. The predicted molar refractivity (Wildman–Crippen MR) is 79.9 cm³/mol. The summed E-state index contributed by atoms with van der Waals surface area (Å²) in [7, 11) is 1.98. The fourth-order valence-corrected chi connectivity index (χ4v) is 3.27. The summed E-state index contributed by atoms with van der Waals surface area (Å²) >= 11 is 0. The zero-order valence-corrected chi connectivity index (χ0v) is 12.3. The molecule has 1 N–H and O–H groups in total. The normalized spacial score (nSPS) is 23.1. The van der Waals surface area contributed by atoms with Crippen molar-refractivity contribution in [3.63, 3.8) is 0 Å². The van der Waals surface area contributed by atoms with Crippen LogP contribution in [0.15, 0.2) is 18.3 Å². The van der Waals surface area contributed by atoms with E-state index >= 15 is 0 Å². The second-order valence-corrected chi connectivity index (χ2v) is 6.07. The second-order valence-electron chi connectivity index (χ2n) is 6.07. The average Bonchev–Trinajstić information content (AvgIpc) is 3.22. The van der Waals surface area contributed by atoms with Crippen LogP contribution in [0.1, 0.15) is 55.1 Å². The molecule has 1 aromatic rings. The van der Waals surface area contributed by atoms with Crippen LogP contribution in [0.3, 0.4) is 0 Å². The topological polar surface area (TPSA) is 37.3 Å². The van der Waals surface area contributed by atoms with Crippen LogP contribution in [0.25, 0.3) is 0 Å². The summed E-state index contributed by atoms with van der Waals surface area (Å²) in [6.45, 7) is 1.90. The molecule has 2 heterocycles. The first-order valence-electron chi connectivity index (χ1n) is 7.93. The van der Waals surface area contributed by atoms with Gasteiger partial charge < -0.3 is 14.8 Å². The van der Waals surface area contributed by atoms with Crippen LogP contribution < -0.4 is 5.32 Å². The van der Waals surface area contributed by atoms with Gasteiger partial charge in [-0.1, -0.05) is 0 Å². The van der Waals surface area contributed by atoms with Gasteiger partial charge in [-0.15, -0.1) is 0 Å². The van der Waals surface area contributed by atoms with Gasteiger partial charge in [0, 0.05) is 24.8 Å². The van der Waals surface area contributed by atoms with Crippen molar-refractivity contribution < 1.29 is 4.79 Å². The molecular weight excluding hydrogens is 250 g/mol. The van der Waals surface area contributed by atoms with Crippen molar-refractivity contribution in [3.05, 3.63) is 24.0 Å². The second kappa shape index (κ2) is 6.00. The van der Waals surface area contributed by atoms with Gasteiger partial charge in [0.2, 0.25) is 0 Å². The third kappa shape index (κ3) is 2.75. The number of nitrogens with zero attached hydrogens (tertiary/aromatic N) is 2. The van der Waals surface area contributed by atoms with E-state index < -0.39 is 0 Å². The lowest BCUT2D eigenvalue weighted by atomic mass is 9.99. The Morgan fingerprint density at radius 2 is 2.20 bits per heavy atom. The molecule has 1 aliphatic heterocycles. The van der Waals surface area contributed by atoms with E-state index in [4.69, 9.17) is 0 Å². The monoisotopic (exact) mass is 275 g/mol. The van der Waals surface area contributed by atoms with Crippen LogP contribution in [-0.4, -0.2) is 41.6 Å². The van der Waals surface area contributed by atoms with E-state index in [1.54, 1.807) is 0 Å². The molecule has 0 aromatic carbocycles. The van der Waals surface area contributed by atoms with Gasteiger partial charge in [0.15, 0.2) is 0 Å². The average molecular weight is 275 g/mol. The molecule has 4 heteroatoms. The summed E-state index contributed by atoms with van der Waals surface area (Å²) in [6, 6.07) is 4.98. The third-order valence-corrected chi connectivity index (χ3v) is 4.55. The van der Waals surface area contributed by atoms with Gasteiger partial charge in [0.1, 0.15) is 5.69 Å². The fraction of sp³-hybridized carbons (Fsp3) is 0.688. The number of nitrogens with one attached hydrogen (secondary N) is 1. The van der Waals surface area contributed by atoms with Crippen molar-refractivity contribution in [1.82, 2.24) is 14.8 Å². The summed E-state index contributed by atoms with van der Waals surface area (Å²) < 4.78 is 2.19. The zero-order valence-electron chi connectivity index (χ0n) is 12.3. The molecule has 1 saturated carbocycles. The van der Waals surface area contributed by atoms with E-state index in [9.17, 15) is 4.79 Å². The Bertz CT molecular complexity index is 464. The molecule has 3 rings (SSSR count). The van der Waals surface area contributed by atoms with Gasteiger partial charge in [0.05, 0.1) is 0 Å². The molecule has 1 atom stereocenters. The van der Waals surface area contributed by atoms with Gasteiger partial charge in [0.25, 0.3) is 5.91 Å². The maximum Gasteiger partial charge on any atom is 0.270 e. The first kappa shape index (κ1) is 13.7. The van der Waals surface area contributed by atoms with Gasteiger partial charge in [-0.3, -0.25) is 4.79 Å². The highest BCUT2D eigenvalue weighted by atomic mass is 16.2. The van der Waals surface area contributed by atoms with Gasteiger partial charge in [-0.2, -0.15) is 0 Å². The fourth-order valence-electron chi connectivity index (χ4n) is 3.27. The van der Waals surface area contributed by atoms with Crippen LogP contribution in [0, 0.1) is 0 Å². The van der Waals surface area contributed by atoms with E-state index in [-0.39, 0.29) is 5.91 Å². The molecule has 1 aromatic heterocycles. The minimum absolute atomic E-state index is 0.239. The molecule has 0 spiro atoms. The summed E-state index contributed by atoms with van der Waals surface area (Å²) in [5.74, 6) is 0.239. The molecule has 1 unspecified atom stereocenters. The summed E-state index contributed by atoms with van der Waals surface area (Å²) in [4.78, 5) is 15.0. The lowest BCUT2D eigenvalue weighted by molar-refractivity contribution is 0.0591. The van der Waals surface area contributed by atoms with E-state index in [1.807, 2.05) is 19.2 Å². The van der Waals surface area contributed by atoms with Crippen molar-refractivity contribution in [1.29, 1.82) is 0 Å². The van der Waals surface area contributed by atoms with Crippen molar-refractivity contribution >= 4 is 5.91 Å². The first-order valence-corrected chi connectivity index (χ1v) is 7.93. The van der Waals surface area contributed by atoms with Gasteiger partial charge in [-0.05, 0) is 64.3 Å². The molecule has 1 amide bonds. The quantitative estimate of drug-likeness (QED) is 0.896. The first-order chi connectivity index (χ1) is 9.81. The maximum absolute atomic E-state index is 12.9. The highest BCUT2D eigenvalue weighted by molar-refractivity contribution is 5.93. The summed E-state index contributed by atoms with van der Waals surface area (Å²) in [6.07, 6.45) is 9.12. The zero-order chi connectivity index (χ0) is 13.9. The molecular formula is C16H25N3O. The number of likely N-dealkylation sites (tertiary alicyclic amines) is 1. The van der Waals surface area contributed by atoms with E-state index in [2.05, 4.69) is 21.0 Å². The summed E-state index contributed by atoms with van der Waals surface area (Å²) in [5.41, 5.74) is 0.892. The Morgan fingerprint density at radius 1 is 1.35 bits per heavy atom. The van der Waals surface area contributed by atoms with Crippen LogP contribution in [0.5, 0.6) is 0 Å². The SMILES string of the molecule is CNCCC1CCCCN1C(=O)c1cccn1C1CC1. The molecule has 0 radical (unpaired) electrons. The third-order valence-electron chi connectivity index (χ3n) is 4.55. The molecule has 2 aliphatic rings. The van der Waals surface area contributed by atoms with Crippen molar-refractivity contribution in [2.75, 3.05) is 20.1 Å². The number of amides is 1. The van der Waals surface area contributed by atoms with Crippen LogP contribution in [-0.2, 0) is 0 Å². The Kier molecular flexibility index (Phi) is 4.10. The number of hydrogen-bond donors (Lipinski definition) is 1. The van der Waals surface area contributed by atoms with E-state index in [0.29, 0.717) is 12.1 Å². The van der Waals surface area contributed by atoms with Crippen LogP contribution in [0.2, 0.25) is 0 Å². The number of hydrogen-bond acceptors (Lipinski definition) is 2. The minimum atomic E-state index is 0.239. The Labute approximate surface area is 121 Å². The summed E-state index contributed by atoms with van der Waals surface area (Å²) in [5, 5.41) is 3.21. The Hall–Kier alpha value is -1.29. The number of carbonyl (C=O) groups excluding carboxylic acids is 1. The maximum atomic E-state index is 12.9. The Morgan fingerprint density at radius 3 is 2.95 bits per heavy atom. The highest BCUT2D eigenvalue weighted by Gasteiger charge is 2.31. The van der Waals surface area contributed by atoms with Crippen molar-refractivity contribution in [2.45, 2.75) is 50.6 Å². The van der Waals surface area contributed by atoms with E-state index in [0.717, 1.165) is 38.0 Å². The molecule has 110 valence electrons. The number of aromatic nitrogens is 1. The van der Waals surface area contributed by atoms with Crippen LogP contribution in [0.4, 0.5) is 0 Å². The van der Waals surface area contributed by atoms with Crippen molar-refractivity contribution in [3.8, 4) is 0 Å². The molecule has 0 bridgehead atoms. The van der Waals surface area contributed by atoms with Gasteiger partial charge >= 0.3 is 0 Å². The number of carbonyl (C=O) groups is 1. The number of rotatable bonds is 5. The van der Waals surface area contributed by atoms with Crippen LogP contribution >= 0.6 is 0 Å². The smallest absolute Gasteiger partial charge is 0.270 e. The van der Waals surface area contributed by atoms with E-state index in [1.165, 1.54) is 19.3 Å². The minimum Gasteiger partial charge on any atom is -0.340 e. The number of piperidine rings is 1. The van der Waals surface area contributed by atoms with Gasteiger partial charge in [-0.25, -0.2) is 0 Å². The molecule has 2 fully saturated rings. The van der Waals surface area contributed by atoms with Crippen molar-refractivity contribution in [2.24, 2.45) is 0 Å². The standard InChI is InChI=1S/C16H25N3O/c1-17-10-9-13-5-2-3-11-19(13)16(20)15-6-4-12-18(15)14-7-8-14/h4,6,12-14,17H,2-3,5,7-11H2,1H3. The molecule has 4 nitrogen and oxygen atoms in total. The predicted octanol–water partition coefficient (Wildman–Crippen LogP) is 2.43. The lowest BCUT2D eigenvalue weighted by Gasteiger charge is -2.36. The largest absolute Gasteiger partial charge is 0.340 e. The molecule has 20 heavy (non-hydrogen) atoms. The highest BCUT2D eigenvalue weighted by Crippen LogP contribution is 2.36. The lowest BCUT2D eigenvalue weighted by Crippen LogP contribution is -2.45. The molecule has 1 saturated heterocycles.